The Morgan fingerprint density at radius 1 is 1.03 bits per heavy atom. The van der Waals surface area contributed by atoms with E-state index in [1.165, 1.54) is 32.1 Å². The maximum atomic E-state index is 6.14. The number of ether oxygens (including phenoxy) is 2. The summed E-state index contributed by atoms with van der Waals surface area (Å²) in [6, 6.07) is 10.6. The van der Waals surface area contributed by atoms with Gasteiger partial charge in [-0.1, -0.05) is 30.6 Å². The summed E-state index contributed by atoms with van der Waals surface area (Å²) in [5.74, 6) is 2.55. The van der Waals surface area contributed by atoms with Crippen molar-refractivity contribution in [2.24, 2.45) is 0 Å². The summed E-state index contributed by atoms with van der Waals surface area (Å²) in [5.41, 5.74) is 1.02. The number of rotatable bonds is 5. The van der Waals surface area contributed by atoms with Gasteiger partial charge < -0.3 is 19.7 Å². The monoisotopic (exact) mass is 410 g/mol. The van der Waals surface area contributed by atoms with Gasteiger partial charge in [-0.15, -0.1) is 0 Å². The third kappa shape index (κ3) is 4.46. The van der Waals surface area contributed by atoms with Crippen LogP contribution in [-0.2, 0) is 4.74 Å². The van der Waals surface area contributed by atoms with Crippen LogP contribution in [0.5, 0.6) is 11.5 Å². The molecule has 152 valence electrons. The number of benzene rings is 1. The van der Waals surface area contributed by atoms with E-state index in [1.54, 1.807) is 17.5 Å². The van der Waals surface area contributed by atoms with E-state index in [2.05, 4.69) is 21.3 Å². The Morgan fingerprint density at radius 2 is 1.86 bits per heavy atom. The van der Waals surface area contributed by atoms with E-state index in [1.807, 2.05) is 24.3 Å². The van der Waals surface area contributed by atoms with Gasteiger partial charge in [-0.2, -0.15) is 0 Å². The standard InChI is InChI=1S/C22H26N4O2S/c1-2-4-16(5-3-1)24-22-25-19-7-6-17(14-20(19)29-22)28-18-8-9-23-21(15-18)26-10-12-27-13-11-26/h6-9,14-16H,1-5,10-13H2,(H,24,25). The molecule has 0 atom stereocenters. The number of aromatic nitrogens is 2. The molecule has 0 bridgehead atoms. The highest BCUT2D eigenvalue weighted by molar-refractivity contribution is 7.22. The minimum Gasteiger partial charge on any atom is -0.457 e. The Labute approximate surface area is 174 Å². The van der Waals surface area contributed by atoms with Crippen molar-refractivity contribution in [2.45, 2.75) is 38.1 Å². The topological polar surface area (TPSA) is 59.5 Å². The van der Waals surface area contributed by atoms with Gasteiger partial charge in [0, 0.05) is 37.5 Å². The Kier molecular flexibility index (Phi) is 5.49. The van der Waals surface area contributed by atoms with Crippen LogP contribution in [-0.4, -0.2) is 42.3 Å². The van der Waals surface area contributed by atoms with Crippen LogP contribution < -0.4 is 15.0 Å². The molecule has 29 heavy (non-hydrogen) atoms. The molecule has 3 aromatic rings. The SMILES string of the molecule is c1cc(Oc2ccc3nc(NC4CCCCC4)sc3c2)cc(N2CCOCC2)n1. The average Bonchev–Trinajstić information content (AvgIpc) is 3.17. The zero-order valence-electron chi connectivity index (χ0n) is 16.5. The molecule has 0 amide bonds. The van der Waals surface area contributed by atoms with Crippen molar-refractivity contribution in [3.8, 4) is 11.5 Å². The fourth-order valence-electron chi connectivity index (χ4n) is 4.02. The van der Waals surface area contributed by atoms with Crippen molar-refractivity contribution >= 4 is 32.5 Å². The second-order valence-corrected chi connectivity index (χ2v) is 8.71. The van der Waals surface area contributed by atoms with E-state index < -0.39 is 0 Å². The molecule has 1 aliphatic carbocycles. The molecule has 0 spiro atoms. The summed E-state index contributed by atoms with van der Waals surface area (Å²) in [7, 11) is 0. The van der Waals surface area contributed by atoms with Gasteiger partial charge in [0.15, 0.2) is 5.13 Å². The van der Waals surface area contributed by atoms with Crippen LogP contribution in [0.3, 0.4) is 0 Å². The summed E-state index contributed by atoms with van der Waals surface area (Å²) in [6.07, 6.45) is 8.30. The lowest BCUT2D eigenvalue weighted by Crippen LogP contribution is -2.36. The van der Waals surface area contributed by atoms with Gasteiger partial charge in [-0.3, -0.25) is 0 Å². The Morgan fingerprint density at radius 3 is 2.72 bits per heavy atom. The molecule has 7 heteroatoms. The number of pyridine rings is 1. The fourth-order valence-corrected chi connectivity index (χ4v) is 4.99. The van der Waals surface area contributed by atoms with Gasteiger partial charge in [0.2, 0.25) is 0 Å². The second-order valence-electron chi connectivity index (χ2n) is 7.68. The molecule has 2 fully saturated rings. The first-order valence-corrected chi connectivity index (χ1v) is 11.3. The van der Waals surface area contributed by atoms with E-state index in [9.17, 15) is 0 Å². The minimum atomic E-state index is 0.565. The van der Waals surface area contributed by atoms with E-state index >= 15 is 0 Å². The molecule has 0 unspecified atom stereocenters. The molecule has 5 rings (SSSR count). The van der Waals surface area contributed by atoms with Crippen LogP contribution in [0.4, 0.5) is 10.9 Å². The smallest absolute Gasteiger partial charge is 0.184 e. The van der Waals surface area contributed by atoms with E-state index in [4.69, 9.17) is 14.5 Å². The summed E-state index contributed by atoms with van der Waals surface area (Å²) >= 11 is 1.70. The first kappa shape index (κ1) is 18.6. The Balaban J connectivity index is 1.30. The summed E-state index contributed by atoms with van der Waals surface area (Å²) in [5, 5.41) is 4.64. The van der Waals surface area contributed by atoms with Crippen molar-refractivity contribution in [1.29, 1.82) is 0 Å². The van der Waals surface area contributed by atoms with Crippen molar-refractivity contribution in [3.63, 3.8) is 0 Å². The molecule has 3 heterocycles. The maximum absolute atomic E-state index is 6.14. The van der Waals surface area contributed by atoms with Gasteiger partial charge in [0.05, 0.1) is 23.4 Å². The van der Waals surface area contributed by atoms with Gasteiger partial charge in [-0.25, -0.2) is 9.97 Å². The number of nitrogens with one attached hydrogen (secondary N) is 1. The normalized spacial score (nSPS) is 18.1. The van der Waals surface area contributed by atoms with Gasteiger partial charge in [-0.05, 0) is 31.0 Å². The highest BCUT2D eigenvalue weighted by Gasteiger charge is 2.16. The minimum absolute atomic E-state index is 0.565. The van der Waals surface area contributed by atoms with Crippen molar-refractivity contribution in [3.05, 3.63) is 36.5 Å². The zero-order chi connectivity index (χ0) is 19.5. The summed E-state index contributed by atoms with van der Waals surface area (Å²) in [6.45, 7) is 3.21. The van der Waals surface area contributed by atoms with Crippen LogP contribution in [0, 0.1) is 0 Å². The van der Waals surface area contributed by atoms with Crippen LogP contribution in [0.2, 0.25) is 0 Å². The highest BCUT2D eigenvalue weighted by atomic mass is 32.1. The fraction of sp³-hybridized carbons (Fsp3) is 0.455. The van der Waals surface area contributed by atoms with Crippen LogP contribution >= 0.6 is 11.3 Å². The zero-order valence-corrected chi connectivity index (χ0v) is 17.3. The largest absolute Gasteiger partial charge is 0.457 e. The maximum Gasteiger partial charge on any atom is 0.184 e. The number of thiazole rings is 1. The third-order valence-corrected chi connectivity index (χ3v) is 6.53. The van der Waals surface area contributed by atoms with Crippen LogP contribution in [0.25, 0.3) is 10.2 Å². The number of hydrogen-bond acceptors (Lipinski definition) is 7. The number of morpholine rings is 1. The Hall–Kier alpha value is -2.38. The molecule has 1 saturated heterocycles. The molecule has 1 aromatic carbocycles. The molecular formula is C22H26N4O2S. The molecular weight excluding hydrogens is 384 g/mol. The number of fused-ring (bicyclic) bond motifs is 1. The van der Waals surface area contributed by atoms with E-state index in [0.717, 1.165) is 59.0 Å². The third-order valence-electron chi connectivity index (χ3n) is 5.58. The quantitative estimate of drug-likeness (QED) is 0.634. The van der Waals surface area contributed by atoms with E-state index in [-0.39, 0.29) is 0 Å². The van der Waals surface area contributed by atoms with Crippen molar-refractivity contribution in [2.75, 3.05) is 36.5 Å². The van der Waals surface area contributed by atoms with Crippen molar-refractivity contribution in [1.82, 2.24) is 9.97 Å². The predicted molar refractivity (Wildman–Crippen MR) is 117 cm³/mol. The van der Waals surface area contributed by atoms with Crippen molar-refractivity contribution < 1.29 is 9.47 Å². The number of hydrogen-bond donors (Lipinski definition) is 1. The van der Waals surface area contributed by atoms with E-state index in [0.29, 0.717) is 6.04 Å². The summed E-state index contributed by atoms with van der Waals surface area (Å²) in [4.78, 5) is 11.5. The molecule has 1 aliphatic heterocycles. The lowest BCUT2D eigenvalue weighted by Gasteiger charge is -2.27. The first-order valence-electron chi connectivity index (χ1n) is 10.5. The predicted octanol–water partition coefficient (Wildman–Crippen LogP) is 5.06. The van der Waals surface area contributed by atoms with Crippen LogP contribution in [0.15, 0.2) is 36.5 Å². The number of anilines is 2. The molecule has 1 N–H and O–H groups in total. The number of nitrogens with zero attached hydrogens (tertiary/aromatic N) is 3. The highest BCUT2D eigenvalue weighted by Crippen LogP contribution is 2.33. The summed E-state index contributed by atoms with van der Waals surface area (Å²) < 4.78 is 12.7. The lowest BCUT2D eigenvalue weighted by molar-refractivity contribution is 0.122. The first-order chi connectivity index (χ1) is 14.3. The van der Waals surface area contributed by atoms with Gasteiger partial charge >= 0.3 is 0 Å². The molecule has 2 aromatic heterocycles. The van der Waals surface area contributed by atoms with Gasteiger partial charge in [0.25, 0.3) is 0 Å². The second kappa shape index (κ2) is 8.55. The van der Waals surface area contributed by atoms with Gasteiger partial charge in [0.1, 0.15) is 17.3 Å². The van der Waals surface area contributed by atoms with Crippen LogP contribution in [0.1, 0.15) is 32.1 Å². The molecule has 6 nitrogen and oxygen atoms in total. The molecule has 2 aliphatic rings. The average molecular weight is 411 g/mol. The lowest BCUT2D eigenvalue weighted by atomic mass is 9.96. The molecule has 0 radical (unpaired) electrons. The Bertz CT molecular complexity index is 964. The molecule has 1 saturated carbocycles.